The Bertz CT molecular complexity index is 1280. The van der Waals surface area contributed by atoms with Crippen LogP contribution in [0.25, 0.3) is 10.8 Å². The molecular formula is C23H19N5O2. The molecule has 0 atom stereocenters. The van der Waals surface area contributed by atoms with Crippen molar-refractivity contribution in [2.45, 2.75) is 0 Å². The lowest BCUT2D eigenvalue weighted by atomic mass is 10.1. The standard InChI is InChI=1S/C23H19N5O2/c1-28-23(30)20-10-6-5-9-19(20)21(27-28)22(29)26-24-15-16-11-13-18(14-12-16)25-17-7-3-2-4-8-17/h2-15,25H,1H3,(H,26,29)/b24-15+. The first-order chi connectivity index (χ1) is 14.6. The molecule has 0 fully saturated rings. The van der Waals surface area contributed by atoms with E-state index in [-0.39, 0.29) is 11.3 Å². The van der Waals surface area contributed by atoms with Gasteiger partial charge >= 0.3 is 0 Å². The van der Waals surface area contributed by atoms with Crippen molar-refractivity contribution in [3.8, 4) is 0 Å². The molecule has 4 rings (SSSR count). The Morgan fingerprint density at radius 1 is 0.900 bits per heavy atom. The van der Waals surface area contributed by atoms with E-state index in [1.165, 1.54) is 7.05 Å². The summed E-state index contributed by atoms with van der Waals surface area (Å²) in [5.41, 5.74) is 5.15. The normalized spacial score (nSPS) is 11.0. The molecule has 0 radical (unpaired) electrons. The van der Waals surface area contributed by atoms with Gasteiger partial charge in [0.1, 0.15) is 0 Å². The van der Waals surface area contributed by atoms with Gasteiger partial charge in [-0.15, -0.1) is 0 Å². The third-order valence-electron chi connectivity index (χ3n) is 4.52. The molecule has 30 heavy (non-hydrogen) atoms. The van der Waals surface area contributed by atoms with Crippen LogP contribution in [0.2, 0.25) is 0 Å². The average molecular weight is 397 g/mol. The zero-order valence-electron chi connectivity index (χ0n) is 16.2. The summed E-state index contributed by atoms with van der Waals surface area (Å²) in [7, 11) is 1.51. The minimum absolute atomic E-state index is 0.146. The topological polar surface area (TPSA) is 88.4 Å². The molecule has 0 bridgehead atoms. The lowest BCUT2D eigenvalue weighted by Crippen LogP contribution is -2.27. The lowest BCUT2D eigenvalue weighted by Gasteiger charge is -2.07. The first-order valence-electron chi connectivity index (χ1n) is 9.33. The Kier molecular flexibility index (Phi) is 5.34. The monoisotopic (exact) mass is 397 g/mol. The van der Waals surface area contributed by atoms with Crippen LogP contribution in [0.1, 0.15) is 16.1 Å². The highest BCUT2D eigenvalue weighted by atomic mass is 16.2. The highest BCUT2D eigenvalue weighted by Crippen LogP contribution is 2.16. The maximum atomic E-state index is 12.6. The average Bonchev–Trinajstić information content (AvgIpc) is 2.78. The molecule has 7 nitrogen and oxygen atoms in total. The van der Waals surface area contributed by atoms with Crippen LogP contribution in [-0.4, -0.2) is 21.9 Å². The number of para-hydroxylation sites is 1. The van der Waals surface area contributed by atoms with Crippen LogP contribution >= 0.6 is 0 Å². The highest BCUT2D eigenvalue weighted by Gasteiger charge is 2.14. The first-order valence-corrected chi connectivity index (χ1v) is 9.33. The van der Waals surface area contributed by atoms with Crippen LogP contribution < -0.4 is 16.3 Å². The summed E-state index contributed by atoms with van der Waals surface area (Å²) in [6.07, 6.45) is 1.55. The van der Waals surface area contributed by atoms with E-state index in [1.807, 2.05) is 54.6 Å². The van der Waals surface area contributed by atoms with Crippen LogP contribution in [0.4, 0.5) is 11.4 Å². The van der Waals surface area contributed by atoms with Crippen molar-refractivity contribution in [1.82, 2.24) is 15.2 Å². The van der Waals surface area contributed by atoms with E-state index in [4.69, 9.17) is 0 Å². The SMILES string of the molecule is Cn1nc(C(=O)N/N=C/c2ccc(Nc3ccccc3)cc2)c2ccccc2c1=O. The Morgan fingerprint density at radius 3 is 2.27 bits per heavy atom. The van der Waals surface area contributed by atoms with Gasteiger partial charge in [0, 0.05) is 23.8 Å². The van der Waals surface area contributed by atoms with Gasteiger partial charge in [-0.25, -0.2) is 10.1 Å². The largest absolute Gasteiger partial charge is 0.356 e. The molecule has 0 aliphatic carbocycles. The zero-order valence-corrected chi connectivity index (χ0v) is 16.2. The fourth-order valence-corrected chi connectivity index (χ4v) is 3.03. The summed E-state index contributed by atoms with van der Waals surface area (Å²) in [6, 6.07) is 24.4. The number of benzene rings is 3. The highest BCUT2D eigenvalue weighted by molar-refractivity contribution is 6.04. The van der Waals surface area contributed by atoms with Crippen molar-refractivity contribution in [3.63, 3.8) is 0 Å². The number of carbonyl (C=O) groups excluding carboxylic acids is 1. The number of amides is 1. The van der Waals surface area contributed by atoms with Crippen molar-refractivity contribution in [1.29, 1.82) is 0 Å². The molecule has 0 saturated carbocycles. The summed E-state index contributed by atoms with van der Waals surface area (Å²) < 4.78 is 1.15. The van der Waals surface area contributed by atoms with Gasteiger partial charge in [0.05, 0.1) is 11.6 Å². The number of aromatic nitrogens is 2. The Labute approximate surface area is 172 Å². The van der Waals surface area contributed by atoms with Gasteiger partial charge in [-0.05, 0) is 35.9 Å². The third-order valence-corrected chi connectivity index (χ3v) is 4.52. The molecule has 3 aromatic carbocycles. The fourth-order valence-electron chi connectivity index (χ4n) is 3.03. The first kappa shape index (κ1) is 19.1. The summed E-state index contributed by atoms with van der Waals surface area (Å²) in [5.74, 6) is -0.486. The van der Waals surface area contributed by atoms with Crippen LogP contribution in [0.15, 0.2) is 88.8 Å². The maximum absolute atomic E-state index is 12.6. The maximum Gasteiger partial charge on any atom is 0.292 e. The summed E-state index contributed by atoms with van der Waals surface area (Å²) in [5, 5.41) is 12.3. The van der Waals surface area contributed by atoms with Gasteiger partial charge in [0.15, 0.2) is 5.69 Å². The second kappa shape index (κ2) is 8.40. The number of aryl methyl sites for hydroxylation is 1. The Balaban J connectivity index is 1.46. The van der Waals surface area contributed by atoms with Crippen molar-refractivity contribution < 1.29 is 4.79 Å². The van der Waals surface area contributed by atoms with Crippen LogP contribution in [0.5, 0.6) is 0 Å². The Hall–Kier alpha value is -4.26. The van der Waals surface area contributed by atoms with Crippen molar-refractivity contribution >= 4 is 34.3 Å². The fraction of sp³-hybridized carbons (Fsp3) is 0.0435. The van der Waals surface area contributed by atoms with Gasteiger partial charge < -0.3 is 5.32 Å². The van der Waals surface area contributed by atoms with E-state index in [2.05, 4.69) is 20.9 Å². The Morgan fingerprint density at radius 2 is 1.53 bits per heavy atom. The van der Waals surface area contributed by atoms with E-state index in [0.717, 1.165) is 21.6 Å². The van der Waals surface area contributed by atoms with Crippen LogP contribution in [0.3, 0.4) is 0 Å². The number of nitrogens with zero attached hydrogens (tertiary/aromatic N) is 3. The number of hydrogen-bond acceptors (Lipinski definition) is 5. The summed E-state index contributed by atoms with van der Waals surface area (Å²) >= 11 is 0. The number of carbonyl (C=O) groups is 1. The van der Waals surface area contributed by atoms with Crippen molar-refractivity contribution in [3.05, 3.63) is 100 Å². The minimum atomic E-state index is -0.486. The number of nitrogens with one attached hydrogen (secondary N) is 2. The number of hydrazone groups is 1. The van der Waals surface area contributed by atoms with Gasteiger partial charge in [-0.1, -0.05) is 48.5 Å². The molecule has 2 N–H and O–H groups in total. The molecule has 0 saturated heterocycles. The molecular weight excluding hydrogens is 378 g/mol. The van der Waals surface area contributed by atoms with E-state index >= 15 is 0 Å². The van der Waals surface area contributed by atoms with Crippen LogP contribution in [-0.2, 0) is 7.05 Å². The molecule has 0 aliphatic heterocycles. The second-order valence-electron chi connectivity index (χ2n) is 6.64. The predicted octanol–water partition coefficient (Wildman–Crippen LogP) is 3.44. The van der Waals surface area contributed by atoms with E-state index in [9.17, 15) is 9.59 Å². The third kappa shape index (κ3) is 4.10. The molecule has 1 aromatic heterocycles. The summed E-state index contributed by atoms with van der Waals surface area (Å²) in [6.45, 7) is 0. The van der Waals surface area contributed by atoms with Gasteiger partial charge in [-0.3, -0.25) is 9.59 Å². The number of rotatable bonds is 5. The smallest absolute Gasteiger partial charge is 0.292 e. The predicted molar refractivity (Wildman–Crippen MR) is 118 cm³/mol. The van der Waals surface area contributed by atoms with Crippen LogP contribution in [0, 0.1) is 0 Å². The number of hydrogen-bond donors (Lipinski definition) is 2. The molecule has 0 aliphatic rings. The van der Waals surface area contributed by atoms with E-state index in [0.29, 0.717) is 10.8 Å². The molecule has 1 amide bonds. The summed E-state index contributed by atoms with van der Waals surface area (Å²) in [4.78, 5) is 24.7. The van der Waals surface area contributed by atoms with Gasteiger partial charge in [0.25, 0.3) is 11.5 Å². The second-order valence-corrected chi connectivity index (χ2v) is 6.64. The molecule has 0 unspecified atom stereocenters. The quantitative estimate of drug-likeness (QED) is 0.399. The number of fused-ring (bicyclic) bond motifs is 1. The van der Waals surface area contributed by atoms with E-state index in [1.54, 1.807) is 30.5 Å². The molecule has 7 heteroatoms. The van der Waals surface area contributed by atoms with Gasteiger partial charge in [-0.2, -0.15) is 10.2 Å². The van der Waals surface area contributed by atoms with Gasteiger partial charge in [0.2, 0.25) is 0 Å². The van der Waals surface area contributed by atoms with Crippen molar-refractivity contribution in [2.75, 3.05) is 5.32 Å². The molecule has 148 valence electrons. The molecule has 4 aromatic rings. The minimum Gasteiger partial charge on any atom is -0.356 e. The van der Waals surface area contributed by atoms with E-state index < -0.39 is 5.91 Å². The molecule has 0 spiro atoms. The molecule has 1 heterocycles. The lowest BCUT2D eigenvalue weighted by molar-refractivity contribution is 0.0950. The zero-order chi connectivity index (χ0) is 20.9. The number of anilines is 2. The van der Waals surface area contributed by atoms with Crippen molar-refractivity contribution in [2.24, 2.45) is 12.1 Å².